The maximum Gasteiger partial charge on any atom is 0.470 e. The number of fused-ring (bicyclic) bond motifs is 1. The van der Waals surface area contributed by atoms with Gasteiger partial charge in [0, 0.05) is 5.39 Å². The lowest BCUT2D eigenvalue weighted by atomic mass is 9.85. The van der Waals surface area contributed by atoms with Crippen molar-refractivity contribution in [1.82, 2.24) is 0 Å². The van der Waals surface area contributed by atoms with Crippen LogP contribution in [0.4, 0.5) is 0 Å². The molecule has 0 radical (unpaired) electrons. The normalized spacial score (nSPS) is 27.5. The lowest BCUT2D eigenvalue weighted by Crippen LogP contribution is -2.64. The molecule has 184 valence electrons. The summed E-state index contributed by atoms with van der Waals surface area (Å²) >= 11 is 0. The number of carbonyl (C=O) groups is 1. The van der Waals surface area contributed by atoms with Crippen LogP contribution in [0.5, 0.6) is 0 Å². The Kier molecular flexibility index (Phi) is 8.88. The number of rotatable bonds is 4. The third-order valence-electron chi connectivity index (χ3n) is 4.88. The summed E-state index contributed by atoms with van der Waals surface area (Å²) in [5.41, 5.74) is 0.392. The summed E-state index contributed by atoms with van der Waals surface area (Å²) in [7, 11) is -5.01. The standard InChI is InChI=1S/C13H12O4.C6H13O9P/c1-3-16-12(14)11-8(2)9-6-4-5-7-10(9)17-13(11)15;7-1-2(8)4(10)6(5(11)3(1)9)15-16(12,13)14/h4-7H,3H2,1-2H3;1-11H,(H2,12,13,14)/t;1?,2-,3+,4-,5-,6?/m.0/s1. The number of hydrogen-bond acceptors (Lipinski definition) is 11. The number of aryl methyl sites for hydroxylation is 1. The fraction of sp³-hybridized carbons (Fsp3) is 0.474. The van der Waals surface area contributed by atoms with E-state index in [0.717, 1.165) is 5.39 Å². The number of phosphoric acid groups is 1. The first-order chi connectivity index (χ1) is 15.3. The van der Waals surface area contributed by atoms with Gasteiger partial charge < -0.3 is 44.5 Å². The maximum atomic E-state index is 11.7. The van der Waals surface area contributed by atoms with Crippen molar-refractivity contribution in [1.29, 1.82) is 0 Å². The third-order valence-corrected chi connectivity index (χ3v) is 5.40. The predicted molar refractivity (Wildman–Crippen MR) is 110 cm³/mol. The Morgan fingerprint density at radius 1 is 1.00 bits per heavy atom. The monoisotopic (exact) mass is 492 g/mol. The van der Waals surface area contributed by atoms with Crippen LogP contribution in [0.15, 0.2) is 33.5 Å². The lowest BCUT2D eigenvalue weighted by molar-refractivity contribution is -0.219. The van der Waals surface area contributed by atoms with E-state index in [-0.39, 0.29) is 12.2 Å². The van der Waals surface area contributed by atoms with Crippen molar-refractivity contribution in [3.05, 3.63) is 45.8 Å². The van der Waals surface area contributed by atoms with E-state index in [1.54, 1.807) is 32.0 Å². The number of phosphoric ester groups is 1. The van der Waals surface area contributed by atoms with E-state index in [9.17, 15) is 34.6 Å². The van der Waals surface area contributed by atoms with Crippen LogP contribution < -0.4 is 5.63 Å². The van der Waals surface area contributed by atoms with Gasteiger partial charge in [0.2, 0.25) is 0 Å². The Hall–Kier alpha value is -2.19. The maximum absolute atomic E-state index is 11.7. The van der Waals surface area contributed by atoms with Gasteiger partial charge in [0.15, 0.2) is 0 Å². The first-order valence-electron chi connectivity index (χ1n) is 9.64. The van der Waals surface area contributed by atoms with Gasteiger partial charge in [-0.25, -0.2) is 14.2 Å². The molecule has 0 spiro atoms. The highest BCUT2D eigenvalue weighted by molar-refractivity contribution is 7.46. The van der Waals surface area contributed by atoms with Gasteiger partial charge in [-0.1, -0.05) is 18.2 Å². The van der Waals surface area contributed by atoms with Crippen molar-refractivity contribution >= 4 is 24.8 Å². The van der Waals surface area contributed by atoms with Crippen LogP contribution in [0, 0.1) is 6.92 Å². The topological polar surface area (TPSA) is 224 Å². The average Bonchev–Trinajstić information content (AvgIpc) is 2.74. The van der Waals surface area contributed by atoms with Gasteiger partial charge in [0.05, 0.1) is 6.61 Å². The molecule has 1 saturated carbocycles. The zero-order chi connectivity index (χ0) is 25.1. The van der Waals surface area contributed by atoms with Crippen molar-refractivity contribution in [2.45, 2.75) is 50.5 Å². The van der Waals surface area contributed by atoms with Gasteiger partial charge in [0.25, 0.3) is 0 Å². The molecule has 7 N–H and O–H groups in total. The zero-order valence-corrected chi connectivity index (χ0v) is 18.4. The molecule has 0 aliphatic heterocycles. The van der Waals surface area contributed by atoms with Crippen LogP contribution in [-0.2, 0) is 13.8 Å². The summed E-state index contributed by atoms with van der Waals surface area (Å²) < 4.78 is 24.5. The minimum Gasteiger partial charge on any atom is -0.462 e. The van der Waals surface area contributed by atoms with E-state index in [1.165, 1.54) is 0 Å². The first-order valence-corrected chi connectivity index (χ1v) is 11.2. The van der Waals surface area contributed by atoms with Gasteiger partial charge >= 0.3 is 19.4 Å². The smallest absolute Gasteiger partial charge is 0.462 e. The molecule has 0 bridgehead atoms. The van der Waals surface area contributed by atoms with Crippen LogP contribution in [0.1, 0.15) is 22.8 Å². The van der Waals surface area contributed by atoms with Crippen molar-refractivity contribution in [2.24, 2.45) is 0 Å². The number of hydrogen-bond donors (Lipinski definition) is 7. The molecule has 1 aliphatic carbocycles. The quantitative estimate of drug-likeness (QED) is 0.148. The second-order valence-electron chi connectivity index (χ2n) is 7.12. The fourth-order valence-corrected chi connectivity index (χ4v) is 3.79. The highest BCUT2D eigenvalue weighted by Crippen LogP contribution is 2.41. The van der Waals surface area contributed by atoms with Crippen LogP contribution >= 0.6 is 7.82 Å². The summed E-state index contributed by atoms with van der Waals surface area (Å²) in [6.45, 7) is 3.63. The Bertz CT molecular complexity index is 1060. The predicted octanol–water partition coefficient (Wildman–Crippen LogP) is -1.44. The summed E-state index contributed by atoms with van der Waals surface area (Å²) in [5, 5.41) is 46.9. The van der Waals surface area contributed by atoms with E-state index < -0.39 is 56.0 Å². The Balaban J connectivity index is 0.000000234. The SMILES string of the molecule is CCOC(=O)c1c(C)c2ccccc2oc1=O.O=P(O)(O)OC1[C@@H](O)[C@H](O)C(O)[C@H](O)[C@@H]1O. The van der Waals surface area contributed by atoms with Crippen LogP contribution in [0.3, 0.4) is 0 Å². The first kappa shape index (κ1) is 27.1. The number of ether oxygens (including phenoxy) is 1. The van der Waals surface area contributed by atoms with Gasteiger partial charge in [-0.15, -0.1) is 0 Å². The molecular weight excluding hydrogens is 467 g/mol. The molecule has 1 aromatic carbocycles. The highest BCUT2D eigenvalue weighted by Gasteiger charge is 2.50. The average molecular weight is 492 g/mol. The largest absolute Gasteiger partial charge is 0.470 e. The Morgan fingerprint density at radius 3 is 2.03 bits per heavy atom. The van der Waals surface area contributed by atoms with Gasteiger partial charge in [-0.3, -0.25) is 4.52 Å². The summed E-state index contributed by atoms with van der Waals surface area (Å²) in [6.07, 6.45) is -11.3. The van der Waals surface area contributed by atoms with Crippen molar-refractivity contribution in [3.8, 4) is 0 Å². The zero-order valence-electron chi connectivity index (χ0n) is 17.5. The summed E-state index contributed by atoms with van der Waals surface area (Å²) in [4.78, 5) is 40.3. The molecule has 6 atom stereocenters. The summed E-state index contributed by atoms with van der Waals surface area (Å²) in [5.74, 6) is -0.635. The number of aliphatic hydroxyl groups is 5. The number of esters is 1. The molecular formula is C19H25O13P. The number of para-hydroxylation sites is 1. The van der Waals surface area contributed by atoms with Gasteiger partial charge in [0.1, 0.15) is 47.8 Å². The molecule has 1 heterocycles. The highest BCUT2D eigenvalue weighted by atomic mass is 31.2. The second-order valence-corrected chi connectivity index (χ2v) is 8.31. The molecule has 2 aromatic rings. The van der Waals surface area contributed by atoms with E-state index in [1.807, 2.05) is 6.07 Å². The van der Waals surface area contributed by atoms with Crippen LogP contribution in [0.2, 0.25) is 0 Å². The third kappa shape index (κ3) is 6.23. The van der Waals surface area contributed by atoms with Crippen molar-refractivity contribution in [2.75, 3.05) is 6.61 Å². The number of carbonyl (C=O) groups excluding carboxylic acids is 1. The molecule has 1 aliphatic rings. The van der Waals surface area contributed by atoms with E-state index >= 15 is 0 Å². The van der Waals surface area contributed by atoms with E-state index in [0.29, 0.717) is 11.1 Å². The molecule has 1 aromatic heterocycles. The lowest BCUT2D eigenvalue weighted by Gasteiger charge is -2.41. The van der Waals surface area contributed by atoms with Crippen LogP contribution in [0.25, 0.3) is 11.0 Å². The molecule has 2 unspecified atom stereocenters. The van der Waals surface area contributed by atoms with Gasteiger partial charge in [-0.05, 0) is 25.5 Å². The molecule has 0 saturated heterocycles. The minimum absolute atomic E-state index is 0.0226. The molecule has 1 fully saturated rings. The second kappa shape index (κ2) is 10.8. The molecule has 33 heavy (non-hydrogen) atoms. The minimum atomic E-state index is -5.01. The van der Waals surface area contributed by atoms with Crippen molar-refractivity contribution in [3.63, 3.8) is 0 Å². The summed E-state index contributed by atoms with van der Waals surface area (Å²) in [6, 6.07) is 7.09. The van der Waals surface area contributed by atoms with Crippen LogP contribution in [-0.4, -0.2) is 84.5 Å². The number of benzene rings is 1. The fourth-order valence-electron chi connectivity index (χ4n) is 3.22. The Labute approximate surface area is 186 Å². The molecule has 13 nitrogen and oxygen atoms in total. The Morgan fingerprint density at radius 2 is 1.52 bits per heavy atom. The molecule has 14 heteroatoms. The van der Waals surface area contributed by atoms with E-state index in [4.69, 9.17) is 24.0 Å². The molecule has 0 amide bonds. The van der Waals surface area contributed by atoms with Crippen molar-refractivity contribution < 1.29 is 58.4 Å². The van der Waals surface area contributed by atoms with Gasteiger partial charge in [-0.2, -0.15) is 0 Å². The molecule has 3 rings (SSSR count). The number of aliphatic hydroxyl groups excluding tert-OH is 5. The van der Waals surface area contributed by atoms with E-state index in [2.05, 4.69) is 4.52 Å².